The molecule has 4 rings (SSSR count). The quantitative estimate of drug-likeness (QED) is 0.530. The van der Waals surface area contributed by atoms with Gasteiger partial charge in [0.2, 0.25) is 10.0 Å². The number of anilines is 1. The van der Waals surface area contributed by atoms with Gasteiger partial charge in [0.1, 0.15) is 0 Å². The summed E-state index contributed by atoms with van der Waals surface area (Å²) >= 11 is 0. The minimum absolute atomic E-state index is 0.00652. The lowest BCUT2D eigenvalue weighted by atomic mass is 9.97. The van der Waals surface area contributed by atoms with Gasteiger partial charge in [0, 0.05) is 41.6 Å². The van der Waals surface area contributed by atoms with Crippen molar-refractivity contribution in [1.29, 1.82) is 0 Å². The van der Waals surface area contributed by atoms with E-state index in [2.05, 4.69) is 9.71 Å². The number of rotatable bonds is 5. The van der Waals surface area contributed by atoms with Gasteiger partial charge in [0.05, 0.1) is 11.4 Å². The van der Waals surface area contributed by atoms with Crippen molar-refractivity contribution in [1.82, 2.24) is 9.55 Å². The minimum Gasteiger partial charge on any atom is -0.317 e. The predicted molar refractivity (Wildman–Crippen MR) is 121 cm³/mol. The van der Waals surface area contributed by atoms with Crippen molar-refractivity contribution >= 4 is 26.5 Å². The first kappa shape index (κ1) is 19.8. The van der Waals surface area contributed by atoms with E-state index in [1.165, 1.54) is 0 Å². The van der Waals surface area contributed by atoms with Crippen LogP contribution in [0.1, 0.15) is 6.92 Å². The summed E-state index contributed by atoms with van der Waals surface area (Å²) in [7, 11) is -1.68. The molecule has 0 spiro atoms. The van der Waals surface area contributed by atoms with Gasteiger partial charge in [-0.15, -0.1) is 0 Å². The molecule has 0 saturated heterocycles. The highest BCUT2D eigenvalue weighted by Gasteiger charge is 2.13. The highest BCUT2D eigenvalue weighted by molar-refractivity contribution is 7.92. The fraction of sp³-hybridized carbons (Fsp3) is 0.130. The molecule has 0 aliphatic rings. The Hall–Kier alpha value is -3.45. The average Bonchev–Trinajstić information content (AvgIpc) is 2.76. The fourth-order valence-corrected chi connectivity index (χ4v) is 4.02. The predicted octanol–water partition coefficient (Wildman–Crippen LogP) is 4.03. The number of aryl methyl sites for hydroxylation is 1. The number of aromatic nitrogens is 2. The van der Waals surface area contributed by atoms with E-state index in [0.29, 0.717) is 11.1 Å². The van der Waals surface area contributed by atoms with Gasteiger partial charge < -0.3 is 4.57 Å². The SMILES string of the molecule is CCS(=O)(=O)Nc1cccc(-c2cn(C)c(=O)c3ccc(-c4ccccn4)cc23)c1. The van der Waals surface area contributed by atoms with Crippen molar-refractivity contribution in [2.45, 2.75) is 6.92 Å². The second-order valence-electron chi connectivity index (χ2n) is 7.02. The van der Waals surface area contributed by atoms with Crippen LogP contribution in [-0.2, 0) is 17.1 Å². The van der Waals surface area contributed by atoms with E-state index in [1.54, 1.807) is 49.1 Å². The molecule has 0 unspecified atom stereocenters. The van der Waals surface area contributed by atoms with E-state index >= 15 is 0 Å². The number of hydrogen-bond acceptors (Lipinski definition) is 4. The first-order valence-electron chi connectivity index (χ1n) is 9.53. The lowest BCUT2D eigenvalue weighted by molar-refractivity contribution is 0.602. The zero-order valence-corrected chi connectivity index (χ0v) is 17.5. The lowest BCUT2D eigenvalue weighted by Crippen LogP contribution is -2.16. The molecule has 0 aliphatic carbocycles. The smallest absolute Gasteiger partial charge is 0.258 e. The van der Waals surface area contributed by atoms with Crippen molar-refractivity contribution in [3.8, 4) is 22.4 Å². The fourth-order valence-electron chi connectivity index (χ4n) is 3.39. The molecule has 0 aliphatic heterocycles. The van der Waals surface area contributed by atoms with Crippen LogP contribution >= 0.6 is 0 Å². The molecular formula is C23H21N3O3S. The summed E-state index contributed by atoms with van der Waals surface area (Å²) < 4.78 is 28.1. The summed E-state index contributed by atoms with van der Waals surface area (Å²) in [5.41, 5.74) is 3.75. The Labute approximate surface area is 174 Å². The van der Waals surface area contributed by atoms with Crippen LogP contribution in [0.5, 0.6) is 0 Å². The molecule has 2 aromatic heterocycles. The Balaban J connectivity index is 1.92. The second kappa shape index (κ2) is 7.76. The molecule has 0 atom stereocenters. The van der Waals surface area contributed by atoms with Crippen molar-refractivity contribution < 1.29 is 8.42 Å². The number of hydrogen-bond donors (Lipinski definition) is 1. The third-order valence-electron chi connectivity index (χ3n) is 4.97. The summed E-state index contributed by atoms with van der Waals surface area (Å²) in [5.74, 6) is -0.00652. The third kappa shape index (κ3) is 3.84. The number of pyridine rings is 2. The number of benzene rings is 2. The maximum atomic E-state index is 12.7. The van der Waals surface area contributed by atoms with E-state index in [4.69, 9.17) is 0 Å². The van der Waals surface area contributed by atoms with E-state index in [0.717, 1.165) is 27.8 Å². The normalized spacial score (nSPS) is 11.5. The lowest BCUT2D eigenvalue weighted by Gasteiger charge is -2.13. The van der Waals surface area contributed by atoms with E-state index in [-0.39, 0.29) is 11.3 Å². The number of nitrogens with one attached hydrogen (secondary N) is 1. The van der Waals surface area contributed by atoms with E-state index in [1.807, 2.05) is 42.5 Å². The molecule has 152 valence electrons. The largest absolute Gasteiger partial charge is 0.317 e. The molecule has 0 bridgehead atoms. The Morgan fingerprint density at radius 2 is 1.80 bits per heavy atom. The highest BCUT2D eigenvalue weighted by Crippen LogP contribution is 2.31. The Morgan fingerprint density at radius 1 is 0.967 bits per heavy atom. The summed E-state index contributed by atoms with van der Waals surface area (Å²) in [6, 6.07) is 18.5. The van der Waals surface area contributed by atoms with Crippen LogP contribution in [0.3, 0.4) is 0 Å². The third-order valence-corrected chi connectivity index (χ3v) is 6.28. The maximum Gasteiger partial charge on any atom is 0.258 e. The van der Waals surface area contributed by atoms with Crippen molar-refractivity contribution in [2.75, 3.05) is 10.5 Å². The topological polar surface area (TPSA) is 81.1 Å². The molecule has 0 saturated carbocycles. The molecule has 1 N–H and O–H groups in total. The van der Waals surface area contributed by atoms with Crippen LogP contribution in [0.2, 0.25) is 0 Å². The Morgan fingerprint density at radius 3 is 2.53 bits per heavy atom. The Bertz CT molecular complexity index is 1390. The van der Waals surface area contributed by atoms with E-state index < -0.39 is 10.0 Å². The van der Waals surface area contributed by atoms with Crippen LogP contribution in [0.15, 0.2) is 77.9 Å². The van der Waals surface area contributed by atoms with Crippen molar-refractivity contribution in [3.05, 3.63) is 83.4 Å². The van der Waals surface area contributed by atoms with Gasteiger partial charge in [-0.25, -0.2) is 8.42 Å². The Kier molecular flexibility index (Phi) is 5.13. The maximum absolute atomic E-state index is 12.7. The highest BCUT2D eigenvalue weighted by atomic mass is 32.2. The molecular weight excluding hydrogens is 398 g/mol. The van der Waals surface area contributed by atoms with Crippen LogP contribution in [0, 0.1) is 0 Å². The molecule has 0 fully saturated rings. The van der Waals surface area contributed by atoms with E-state index in [9.17, 15) is 13.2 Å². The molecule has 30 heavy (non-hydrogen) atoms. The molecule has 4 aromatic rings. The molecule has 0 amide bonds. The monoisotopic (exact) mass is 419 g/mol. The molecule has 2 heterocycles. The zero-order valence-electron chi connectivity index (χ0n) is 16.7. The van der Waals surface area contributed by atoms with Crippen molar-refractivity contribution in [2.24, 2.45) is 7.05 Å². The first-order chi connectivity index (χ1) is 14.4. The second-order valence-corrected chi connectivity index (χ2v) is 9.03. The van der Waals surface area contributed by atoms with Gasteiger partial charge in [-0.1, -0.05) is 24.3 Å². The standard InChI is InChI=1S/C23H21N3O3S/c1-3-30(28,29)25-18-8-6-7-16(13-18)21-15-26(2)23(27)19-11-10-17(14-20(19)21)22-9-4-5-12-24-22/h4-15,25H,3H2,1-2H3. The van der Waals surface area contributed by atoms with Crippen LogP contribution in [0.25, 0.3) is 33.2 Å². The van der Waals surface area contributed by atoms with Crippen LogP contribution in [-0.4, -0.2) is 23.7 Å². The number of nitrogens with zero attached hydrogens (tertiary/aromatic N) is 2. The average molecular weight is 420 g/mol. The summed E-state index contributed by atoms with van der Waals surface area (Å²) in [6.45, 7) is 1.59. The van der Waals surface area contributed by atoms with Crippen molar-refractivity contribution in [3.63, 3.8) is 0 Å². The molecule has 6 nitrogen and oxygen atoms in total. The van der Waals surface area contributed by atoms with Gasteiger partial charge in [-0.05, 0) is 54.3 Å². The summed E-state index contributed by atoms with van der Waals surface area (Å²) in [5, 5.41) is 1.38. The van der Waals surface area contributed by atoms with Gasteiger partial charge in [-0.2, -0.15) is 0 Å². The van der Waals surface area contributed by atoms with Gasteiger partial charge in [-0.3, -0.25) is 14.5 Å². The zero-order chi connectivity index (χ0) is 21.3. The number of sulfonamides is 1. The van der Waals surface area contributed by atoms with Gasteiger partial charge >= 0.3 is 0 Å². The van der Waals surface area contributed by atoms with Gasteiger partial charge in [0.15, 0.2) is 0 Å². The number of fused-ring (bicyclic) bond motifs is 1. The first-order valence-corrected chi connectivity index (χ1v) is 11.2. The molecule has 2 aromatic carbocycles. The van der Waals surface area contributed by atoms with Gasteiger partial charge in [0.25, 0.3) is 5.56 Å². The van der Waals surface area contributed by atoms with Crippen LogP contribution in [0.4, 0.5) is 5.69 Å². The summed E-state index contributed by atoms with van der Waals surface area (Å²) in [4.78, 5) is 17.1. The van der Waals surface area contributed by atoms with Crippen LogP contribution < -0.4 is 10.3 Å². The molecule has 7 heteroatoms. The summed E-state index contributed by atoms with van der Waals surface area (Å²) in [6.07, 6.45) is 3.51. The molecule has 0 radical (unpaired) electrons. The minimum atomic E-state index is -3.39.